The number of ether oxygens (including phenoxy) is 3. The quantitative estimate of drug-likeness (QED) is 0.441. The summed E-state index contributed by atoms with van der Waals surface area (Å²) in [5.74, 6) is 0.699. The molecule has 0 radical (unpaired) electrons. The minimum absolute atomic E-state index is 0.0102. The number of hydrogen-bond donors (Lipinski definition) is 0. The van der Waals surface area contributed by atoms with Gasteiger partial charge in [-0.05, 0) is 48.7 Å². The molecule has 2 amide bonds. The lowest BCUT2D eigenvalue weighted by molar-refractivity contribution is -0.141. The number of fused-ring (bicyclic) bond motifs is 2. The van der Waals surface area contributed by atoms with Crippen molar-refractivity contribution >= 4 is 34.4 Å². The third-order valence-corrected chi connectivity index (χ3v) is 6.78. The lowest BCUT2D eigenvalue weighted by atomic mass is 10.1. The van der Waals surface area contributed by atoms with Gasteiger partial charge in [0.15, 0.2) is 16.9 Å². The molecule has 194 valence electrons. The minimum Gasteiger partial charge on any atom is -0.464 e. The first-order valence-corrected chi connectivity index (χ1v) is 12.5. The Morgan fingerprint density at radius 3 is 2.68 bits per heavy atom. The summed E-state index contributed by atoms with van der Waals surface area (Å²) in [5.41, 5.74) is 1.23. The number of nitrogens with zero attached hydrogens (tertiary/aromatic N) is 2. The molecule has 1 fully saturated rings. The zero-order chi connectivity index (χ0) is 25.9. The molecule has 0 bridgehead atoms. The molecule has 1 atom stereocenters. The monoisotopic (exact) mass is 526 g/mol. The van der Waals surface area contributed by atoms with Crippen molar-refractivity contribution in [1.29, 1.82) is 0 Å². The van der Waals surface area contributed by atoms with Gasteiger partial charge < -0.3 is 28.4 Å². The molecular weight excluding hydrogens is 500 g/mol. The second kappa shape index (κ2) is 10.8. The first-order valence-electron chi connectivity index (χ1n) is 12.1. The fraction of sp³-hybridized carbons (Fsp3) is 0.370. The Labute approximate surface area is 218 Å². The Bertz CT molecular complexity index is 1380. The van der Waals surface area contributed by atoms with Crippen molar-refractivity contribution < 1.29 is 28.2 Å². The first kappa shape index (κ1) is 25.1. The van der Waals surface area contributed by atoms with Crippen molar-refractivity contribution in [3.8, 4) is 11.5 Å². The van der Waals surface area contributed by atoms with Gasteiger partial charge in [0.05, 0.1) is 36.4 Å². The van der Waals surface area contributed by atoms with Gasteiger partial charge in [-0.1, -0.05) is 17.7 Å². The van der Waals surface area contributed by atoms with Gasteiger partial charge in [0.25, 0.3) is 0 Å². The lowest BCUT2D eigenvalue weighted by Crippen LogP contribution is -2.44. The molecule has 2 aliphatic rings. The van der Waals surface area contributed by atoms with Crippen LogP contribution in [0.25, 0.3) is 11.0 Å². The Morgan fingerprint density at radius 1 is 1.05 bits per heavy atom. The van der Waals surface area contributed by atoms with E-state index in [2.05, 4.69) is 0 Å². The predicted octanol–water partition coefficient (Wildman–Crippen LogP) is 3.73. The summed E-state index contributed by atoms with van der Waals surface area (Å²) in [7, 11) is 0. The second-order valence-corrected chi connectivity index (χ2v) is 9.64. The van der Waals surface area contributed by atoms with Gasteiger partial charge in [-0.25, -0.2) is 0 Å². The number of amides is 2. The van der Waals surface area contributed by atoms with Crippen LogP contribution in [0.15, 0.2) is 51.9 Å². The maximum absolute atomic E-state index is 13.6. The number of hydrogen-bond acceptors (Lipinski definition) is 7. The molecule has 2 aromatic carbocycles. The van der Waals surface area contributed by atoms with E-state index < -0.39 is 0 Å². The van der Waals surface area contributed by atoms with E-state index in [0.29, 0.717) is 46.2 Å². The predicted molar refractivity (Wildman–Crippen MR) is 136 cm³/mol. The average Bonchev–Trinajstić information content (AvgIpc) is 3.56. The Morgan fingerprint density at radius 2 is 1.89 bits per heavy atom. The van der Waals surface area contributed by atoms with Crippen molar-refractivity contribution in [2.45, 2.75) is 39.0 Å². The van der Waals surface area contributed by atoms with Crippen molar-refractivity contribution in [2.24, 2.45) is 0 Å². The van der Waals surface area contributed by atoms with E-state index in [9.17, 15) is 14.4 Å². The molecule has 0 saturated carbocycles. The van der Waals surface area contributed by atoms with E-state index in [0.717, 1.165) is 18.4 Å². The van der Waals surface area contributed by atoms with E-state index in [-0.39, 0.29) is 49.8 Å². The summed E-state index contributed by atoms with van der Waals surface area (Å²) in [6.45, 7) is 2.62. The summed E-state index contributed by atoms with van der Waals surface area (Å²) in [6.07, 6.45) is 3.06. The maximum Gasteiger partial charge on any atom is 0.242 e. The normalized spacial score (nSPS) is 16.2. The van der Waals surface area contributed by atoms with Crippen molar-refractivity contribution in [3.63, 3.8) is 0 Å². The highest BCUT2D eigenvalue weighted by Gasteiger charge is 2.26. The van der Waals surface area contributed by atoms with Crippen LogP contribution in [0.1, 0.15) is 30.9 Å². The first-order chi connectivity index (χ1) is 17.9. The smallest absolute Gasteiger partial charge is 0.242 e. The molecule has 1 aromatic heterocycles. The van der Waals surface area contributed by atoms with Crippen molar-refractivity contribution in [1.82, 2.24) is 9.80 Å². The highest BCUT2D eigenvalue weighted by molar-refractivity contribution is 6.31. The largest absolute Gasteiger partial charge is 0.464 e. The molecule has 1 saturated heterocycles. The van der Waals surface area contributed by atoms with E-state index in [1.807, 2.05) is 6.07 Å². The van der Waals surface area contributed by atoms with Gasteiger partial charge >= 0.3 is 0 Å². The van der Waals surface area contributed by atoms with E-state index in [1.165, 1.54) is 23.0 Å². The fourth-order valence-electron chi connectivity index (χ4n) is 4.55. The summed E-state index contributed by atoms with van der Waals surface area (Å²) < 4.78 is 22.2. The van der Waals surface area contributed by atoms with Crippen LogP contribution < -0.4 is 14.9 Å². The molecule has 0 aliphatic carbocycles. The molecule has 5 rings (SSSR count). The van der Waals surface area contributed by atoms with E-state index in [4.69, 9.17) is 30.2 Å². The second-order valence-electron chi connectivity index (χ2n) is 9.20. The molecule has 0 N–H and O–H groups in total. The third kappa shape index (κ3) is 5.73. The standard InChI is InChI=1S/C27H27ClN2O7/c1-17(31)29(13-21-3-2-8-34-21)14-26(32)30(11-18-4-6-24-25(9-18)37-16-36-24)12-19-15-35-23-7-5-20(28)10-22(23)27(19)33/h4-7,9-10,15,21H,2-3,8,11-14,16H2,1H3. The molecule has 10 heteroatoms. The SMILES string of the molecule is CC(=O)N(CC(=O)N(Cc1ccc2c(c1)OCO2)Cc1coc2ccc(Cl)cc2c1=O)CC1CCCO1. The molecule has 3 heterocycles. The van der Waals surface area contributed by atoms with Crippen LogP contribution in [0, 0.1) is 0 Å². The number of benzene rings is 2. The third-order valence-electron chi connectivity index (χ3n) is 6.55. The summed E-state index contributed by atoms with van der Waals surface area (Å²) in [5, 5.41) is 0.751. The van der Waals surface area contributed by atoms with Gasteiger partial charge in [-0.2, -0.15) is 0 Å². The van der Waals surface area contributed by atoms with Gasteiger partial charge in [0.2, 0.25) is 18.6 Å². The minimum atomic E-state index is -0.309. The summed E-state index contributed by atoms with van der Waals surface area (Å²) in [4.78, 5) is 42.2. The molecule has 1 unspecified atom stereocenters. The van der Waals surface area contributed by atoms with Crippen LogP contribution in [0.5, 0.6) is 11.5 Å². The van der Waals surface area contributed by atoms with Gasteiger partial charge in [-0.15, -0.1) is 0 Å². The summed E-state index contributed by atoms with van der Waals surface area (Å²) >= 11 is 6.09. The molecule has 0 spiro atoms. The topological polar surface area (TPSA) is 98.5 Å². The average molecular weight is 527 g/mol. The van der Waals surface area contributed by atoms with Gasteiger partial charge in [-0.3, -0.25) is 14.4 Å². The van der Waals surface area contributed by atoms with Crippen molar-refractivity contribution in [3.05, 3.63) is 69.0 Å². The number of rotatable bonds is 8. The molecule has 3 aromatic rings. The number of halogens is 1. The van der Waals surface area contributed by atoms with E-state index >= 15 is 0 Å². The Balaban J connectivity index is 1.42. The lowest BCUT2D eigenvalue weighted by Gasteiger charge is -2.28. The zero-order valence-electron chi connectivity index (χ0n) is 20.4. The van der Waals surface area contributed by atoms with Crippen LogP contribution in [-0.2, 0) is 27.4 Å². The van der Waals surface area contributed by atoms with Crippen LogP contribution in [-0.4, -0.2) is 54.2 Å². The van der Waals surface area contributed by atoms with Crippen LogP contribution >= 0.6 is 11.6 Å². The highest BCUT2D eigenvalue weighted by atomic mass is 35.5. The molecule has 37 heavy (non-hydrogen) atoms. The molecule has 9 nitrogen and oxygen atoms in total. The number of carbonyl (C=O) groups is 2. The van der Waals surface area contributed by atoms with Crippen LogP contribution in [0.3, 0.4) is 0 Å². The molecule has 2 aliphatic heterocycles. The van der Waals surface area contributed by atoms with Crippen molar-refractivity contribution in [2.75, 3.05) is 26.5 Å². The molecular formula is C27H27ClN2O7. The van der Waals surface area contributed by atoms with Crippen LogP contribution in [0.2, 0.25) is 5.02 Å². The zero-order valence-corrected chi connectivity index (χ0v) is 21.2. The summed E-state index contributed by atoms with van der Waals surface area (Å²) in [6, 6.07) is 10.3. The highest BCUT2D eigenvalue weighted by Crippen LogP contribution is 2.33. The fourth-order valence-corrected chi connectivity index (χ4v) is 4.72. The number of carbonyl (C=O) groups excluding carboxylic acids is 2. The Kier molecular flexibility index (Phi) is 7.34. The van der Waals surface area contributed by atoms with E-state index in [1.54, 1.807) is 30.3 Å². The van der Waals surface area contributed by atoms with Gasteiger partial charge in [0.1, 0.15) is 5.58 Å². The Hall–Kier alpha value is -3.56. The van der Waals surface area contributed by atoms with Crippen LogP contribution in [0.4, 0.5) is 0 Å². The van der Waals surface area contributed by atoms with Gasteiger partial charge in [0, 0.05) is 31.6 Å². The maximum atomic E-state index is 13.6.